The minimum Gasteiger partial charge on any atom is -0.399 e. The minimum atomic E-state index is -0.487. The molecule has 0 saturated carbocycles. The summed E-state index contributed by atoms with van der Waals surface area (Å²) in [5.74, 6) is 0.336. The number of hydrazine groups is 1. The van der Waals surface area contributed by atoms with Gasteiger partial charge in [0.15, 0.2) is 28.2 Å². The predicted octanol–water partition coefficient (Wildman–Crippen LogP) is 1.02. The first-order valence-electron chi connectivity index (χ1n) is 10.1. The molecule has 35 heavy (non-hydrogen) atoms. The molecule has 16 nitrogen and oxygen atoms in total. The molecule has 0 bridgehead atoms. The van der Waals surface area contributed by atoms with Crippen molar-refractivity contribution in [3.8, 4) is 11.5 Å². The number of anilines is 2. The molecular weight excluding hydrogens is 456 g/mol. The Morgan fingerprint density at radius 1 is 0.886 bits per heavy atom. The topological polar surface area (TPSA) is 237 Å². The van der Waals surface area contributed by atoms with Crippen LogP contribution in [0.15, 0.2) is 56.6 Å². The second-order valence-corrected chi connectivity index (χ2v) is 7.27. The second-order valence-electron chi connectivity index (χ2n) is 7.27. The van der Waals surface area contributed by atoms with Crippen molar-refractivity contribution in [1.82, 2.24) is 50.4 Å². The number of fused-ring (bicyclic) bond motifs is 3. The summed E-state index contributed by atoms with van der Waals surface area (Å²) in [5.41, 5.74) is 12.5. The van der Waals surface area contributed by atoms with E-state index in [4.69, 9.17) is 5.73 Å². The Morgan fingerprint density at radius 3 is 2.69 bits per heavy atom. The first-order chi connectivity index (χ1) is 17.0. The number of nitrogens with two attached hydrogens (primary N) is 1. The van der Waals surface area contributed by atoms with Crippen molar-refractivity contribution >= 4 is 50.8 Å². The molecule has 0 aliphatic rings. The monoisotopic (exact) mass is 470 g/mol. The molecule has 0 radical (unpaired) electrons. The molecule has 6 rings (SSSR count). The highest BCUT2D eigenvalue weighted by Gasteiger charge is 2.13. The van der Waals surface area contributed by atoms with E-state index in [0.717, 1.165) is 10.9 Å². The number of aromatic amines is 4. The molecule has 8 N–H and O–H groups in total. The molecule has 0 spiro atoms. The van der Waals surface area contributed by atoms with Gasteiger partial charge in [-0.15, -0.1) is 0 Å². The molecule has 0 atom stereocenters. The molecule has 6 aromatic rings. The molecule has 1 aromatic carbocycles. The van der Waals surface area contributed by atoms with E-state index in [9.17, 15) is 9.59 Å². The van der Waals surface area contributed by atoms with E-state index >= 15 is 0 Å². The molecular formula is C19H14N14O2. The van der Waals surface area contributed by atoms with Crippen LogP contribution in [0.5, 0.6) is 0 Å². The van der Waals surface area contributed by atoms with Crippen LogP contribution in [0, 0.1) is 0 Å². The van der Waals surface area contributed by atoms with Gasteiger partial charge in [-0.25, -0.2) is 15.0 Å². The third-order valence-electron chi connectivity index (χ3n) is 4.97. The van der Waals surface area contributed by atoms with Gasteiger partial charge >= 0.3 is 0 Å². The number of nitrogen functional groups attached to an aromatic ring is 1. The molecule has 0 saturated heterocycles. The number of nitrogens with one attached hydrogen (secondary N) is 6. The maximum Gasteiger partial charge on any atom is 0.278 e. The third-order valence-corrected chi connectivity index (χ3v) is 4.97. The van der Waals surface area contributed by atoms with E-state index in [0.29, 0.717) is 17.2 Å². The molecule has 0 aliphatic heterocycles. The fourth-order valence-corrected chi connectivity index (χ4v) is 3.39. The highest BCUT2D eigenvalue weighted by atomic mass is 16.1. The molecule has 172 valence electrons. The van der Waals surface area contributed by atoms with Gasteiger partial charge in [0.1, 0.15) is 5.69 Å². The fraction of sp³-hybridized carbons (Fsp3) is 0. The Bertz CT molecular complexity index is 1880. The summed E-state index contributed by atoms with van der Waals surface area (Å²) in [5, 5.41) is 8.35. The molecule has 5 aromatic heterocycles. The molecule has 5 heterocycles. The van der Waals surface area contributed by atoms with Crippen LogP contribution < -0.4 is 27.8 Å². The van der Waals surface area contributed by atoms with Gasteiger partial charge in [0, 0.05) is 11.1 Å². The van der Waals surface area contributed by atoms with E-state index in [-0.39, 0.29) is 34.2 Å². The first-order valence-corrected chi connectivity index (χ1v) is 10.1. The average molecular weight is 470 g/mol. The number of hydrogen-bond donors (Lipinski definition) is 7. The standard InChI is InChI=1S/C19H14N14O2/c20-8-2-4-9-7(5-8)1-3-10(23-9)13-24-12-15(25-13)27-19(29-17(12)35)31-33-32-30-18-26-14-11(16(34)28-18)21-6-22-14/h1-6H,20H2,(H3,21,22,26,28,30,33,34)(H3,24,25,27,29,31,32,35). The predicted molar refractivity (Wildman–Crippen MR) is 125 cm³/mol. The van der Waals surface area contributed by atoms with Gasteiger partial charge in [-0.05, 0) is 24.3 Å². The van der Waals surface area contributed by atoms with Crippen molar-refractivity contribution in [2.24, 2.45) is 10.3 Å². The lowest BCUT2D eigenvalue weighted by Crippen LogP contribution is -2.20. The highest BCUT2D eigenvalue weighted by Crippen LogP contribution is 2.22. The summed E-state index contributed by atoms with van der Waals surface area (Å²) in [6.07, 6.45) is 1.36. The highest BCUT2D eigenvalue weighted by molar-refractivity contribution is 5.84. The zero-order chi connectivity index (χ0) is 23.9. The Kier molecular flexibility index (Phi) is 4.41. The number of H-pyrrole nitrogens is 4. The average Bonchev–Trinajstić information content (AvgIpc) is 3.49. The van der Waals surface area contributed by atoms with Crippen molar-refractivity contribution in [1.29, 1.82) is 0 Å². The van der Waals surface area contributed by atoms with E-state index in [1.165, 1.54) is 6.33 Å². The van der Waals surface area contributed by atoms with Crippen LogP contribution in [-0.2, 0) is 0 Å². The lowest BCUT2D eigenvalue weighted by Gasteiger charge is -2.01. The van der Waals surface area contributed by atoms with Gasteiger partial charge in [-0.3, -0.25) is 25.0 Å². The normalized spacial score (nSPS) is 11.7. The largest absolute Gasteiger partial charge is 0.399 e. The smallest absolute Gasteiger partial charge is 0.278 e. The lowest BCUT2D eigenvalue weighted by atomic mass is 10.2. The van der Waals surface area contributed by atoms with Crippen LogP contribution >= 0.6 is 0 Å². The summed E-state index contributed by atoms with van der Waals surface area (Å²) < 4.78 is 0. The van der Waals surface area contributed by atoms with Crippen molar-refractivity contribution in [3.05, 3.63) is 57.4 Å². The zero-order valence-corrected chi connectivity index (χ0v) is 17.5. The van der Waals surface area contributed by atoms with Gasteiger partial charge in [0.25, 0.3) is 17.1 Å². The third kappa shape index (κ3) is 3.65. The summed E-state index contributed by atoms with van der Waals surface area (Å²) in [6, 6.07) is 9.01. The van der Waals surface area contributed by atoms with Crippen LogP contribution in [0.2, 0.25) is 0 Å². The van der Waals surface area contributed by atoms with Crippen LogP contribution in [-0.4, -0.2) is 44.9 Å². The molecule has 0 unspecified atom stereocenters. The maximum atomic E-state index is 12.5. The summed E-state index contributed by atoms with van der Waals surface area (Å²) in [6.45, 7) is 0. The quantitative estimate of drug-likeness (QED) is 0.107. The number of benzene rings is 1. The van der Waals surface area contributed by atoms with Crippen LogP contribution in [0.1, 0.15) is 0 Å². The summed E-state index contributed by atoms with van der Waals surface area (Å²) in [7, 11) is 0. The van der Waals surface area contributed by atoms with Crippen LogP contribution in [0.25, 0.3) is 44.7 Å². The number of aromatic nitrogens is 9. The second kappa shape index (κ2) is 7.73. The zero-order valence-electron chi connectivity index (χ0n) is 17.5. The molecule has 0 fully saturated rings. The Labute approximate surface area is 192 Å². The van der Waals surface area contributed by atoms with Gasteiger partial charge in [-0.1, -0.05) is 16.4 Å². The van der Waals surface area contributed by atoms with Gasteiger partial charge < -0.3 is 15.7 Å². The van der Waals surface area contributed by atoms with E-state index in [1.807, 2.05) is 12.1 Å². The summed E-state index contributed by atoms with van der Waals surface area (Å²) >= 11 is 0. The SMILES string of the molecule is Nc1ccc2nc(-c3nc4nc(/N=N/NNc5nc6nc[nH]c6c(=O)[nH]5)[nH]c(=O)c4[nH]3)ccc2c1. The molecule has 0 amide bonds. The maximum absolute atomic E-state index is 12.5. The number of rotatable bonds is 5. The molecule has 0 aliphatic carbocycles. The van der Waals surface area contributed by atoms with Crippen molar-refractivity contribution in [2.45, 2.75) is 0 Å². The van der Waals surface area contributed by atoms with Crippen molar-refractivity contribution in [2.75, 3.05) is 11.2 Å². The number of imidazole rings is 2. The number of nitrogens with zero attached hydrogens (tertiary/aromatic N) is 7. The van der Waals surface area contributed by atoms with E-state index in [2.05, 4.69) is 66.2 Å². The lowest BCUT2D eigenvalue weighted by molar-refractivity contribution is 0.780. The minimum absolute atomic E-state index is 0.0629. The van der Waals surface area contributed by atoms with Crippen molar-refractivity contribution in [3.63, 3.8) is 0 Å². The van der Waals surface area contributed by atoms with E-state index in [1.54, 1.807) is 18.2 Å². The Morgan fingerprint density at radius 2 is 1.77 bits per heavy atom. The Hall–Kier alpha value is -5.67. The van der Waals surface area contributed by atoms with Crippen LogP contribution in [0.3, 0.4) is 0 Å². The fourth-order valence-electron chi connectivity index (χ4n) is 3.39. The molecule has 16 heteroatoms. The van der Waals surface area contributed by atoms with Gasteiger partial charge in [-0.2, -0.15) is 15.5 Å². The Balaban J connectivity index is 1.23. The van der Waals surface area contributed by atoms with Gasteiger partial charge in [0.2, 0.25) is 5.95 Å². The van der Waals surface area contributed by atoms with Crippen molar-refractivity contribution < 1.29 is 0 Å². The van der Waals surface area contributed by atoms with Crippen LogP contribution in [0.4, 0.5) is 17.6 Å². The number of hydrogen-bond acceptors (Lipinski definition) is 11. The van der Waals surface area contributed by atoms with Gasteiger partial charge in [0.05, 0.1) is 11.8 Å². The summed E-state index contributed by atoms with van der Waals surface area (Å²) in [4.78, 5) is 56.1. The number of pyridine rings is 1. The first kappa shape index (κ1) is 20.0. The van der Waals surface area contributed by atoms with E-state index < -0.39 is 11.1 Å².